The first-order valence-electron chi connectivity index (χ1n) is 6.33. The summed E-state index contributed by atoms with van der Waals surface area (Å²) in [4.78, 5) is 0. The molecule has 2 aromatic carbocycles. The zero-order valence-electron chi connectivity index (χ0n) is 11.6. The van der Waals surface area contributed by atoms with Crippen molar-refractivity contribution in [3.05, 3.63) is 68.7 Å². The lowest BCUT2D eigenvalue weighted by Gasteiger charge is -2.20. The molecule has 0 amide bonds. The summed E-state index contributed by atoms with van der Waals surface area (Å²) < 4.78 is 29.2. The topological polar surface area (TPSA) is 12.0 Å². The molecule has 0 aliphatic heterocycles. The molecule has 1 unspecified atom stereocenters. The van der Waals surface area contributed by atoms with Crippen molar-refractivity contribution in [3.8, 4) is 0 Å². The number of hydrogen-bond donors (Lipinski definition) is 1. The van der Waals surface area contributed by atoms with E-state index in [0.717, 1.165) is 15.6 Å². The van der Waals surface area contributed by atoms with E-state index in [1.165, 1.54) is 12.1 Å². The van der Waals surface area contributed by atoms with Crippen LogP contribution in [0.3, 0.4) is 0 Å². The van der Waals surface area contributed by atoms with Crippen LogP contribution in [0.2, 0.25) is 0 Å². The van der Waals surface area contributed by atoms with Gasteiger partial charge < -0.3 is 5.32 Å². The van der Waals surface area contributed by atoms with E-state index >= 15 is 0 Å². The Balaban J connectivity index is 2.61. The molecule has 0 saturated heterocycles. The number of nitrogens with one attached hydrogen (secondary N) is 1. The van der Waals surface area contributed by atoms with Crippen LogP contribution in [-0.2, 0) is 0 Å². The Bertz CT molecular complexity index is 620. The largest absolute Gasteiger partial charge is 0.309 e. The fraction of sp³-hybridized carbons (Fsp3) is 0.250. The lowest BCUT2D eigenvalue weighted by molar-refractivity contribution is 0.517. The summed E-state index contributed by atoms with van der Waals surface area (Å²) in [6.45, 7) is 3.58. The Morgan fingerprint density at radius 2 is 1.80 bits per heavy atom. The molecule has 4 heteroatoms. The summed E-state index contributed by atoms with van der Waals surface area (Å²) in [5.41, 5.74) is 2.35. The van der Waals surface area contributed by atoms with Crippen molar-refractivity contribution in [2.75, 3.05) is 7.05 Å². The monoisotopic (exact) mass is 339 g/mol. The van der Waals surface area contributed by atoms with Gasteiger partial charge in [0.25, 0.3) is 0 Å². The molecule has 0 aliphatic carbocycles. The van der Waals surface area contributed by atoms with Crippen molar-refractivity contribution in [2.45, 2.75) is 19.9 Å². The minimum absolute atomic E-state index is 0.0602. The maximum absolute atomic E-state index is 14.3. The Labute approximate surface area is 126 Å². The number of hydrogen-bond acceptors (Lipinski definition) is 1. The lowest BCUT2D eigenvalue weighted by atomic mass is 9.95. The summed E-state index contributed by atoms with van der Waals surface area (Å²) in [6.07, 6.45) is 0. The molecular weight excluding hydrogens is 324 g/mol. The molecule has 1 nitrogen and oxygen atoms in total. The molecule has 1 N–H and O–H groups in total. The molecule has 0 heterocycles. The van der Waals surface area contributed by atoms with Crippen molar-refractivity contribution in [1.29, 1.82) is 0 Å². The van der Waals surface area contributed by atoms with Gasteiger partial charge >= 0.3 is 0 Å². The molecule has 0 saturated carbocycles. The fourth-order valence-electron chi connectivity index (χ4n) is 2.35. The predicted molar refractivity (Wildman–Crippen MR) is 80.9 cm³/mol. The SMILES string of the molecule is CNC(c1cc(C)cc(Br)c1)c1c(F)ccc(C)c1F. The minimum atomic E-state index is -0.537. The molecule has 20 heavy (non-hydrogen) atoms. The fourth-order valence-corrected chi connectivity index (χ4v) is 2.98. The van der Waals surface area contributed by atoms with Crippen LogP contribution in [0.25, 0.3) is 0 Å². The molecule has 2 aromatic rings. The van der Waals surface area contributed by atoms with Gasteiger partial charge in [0.2, 0.25) is 0 Å². The van der Waals surface area contributed by atoms with Crippen molar-refractivity contribution in [3.63, 3.8) is 0 Å². The second-order valence-electron chi connectivity index (χ2n) is 4.88. The Hall–Kier alpha value is -1.26. The number of aryl methyl sites for hydroxylation is 2. The molecule has 106 valence electrons. The Morgan fingerprint density at radius 3 is 2.40 bits per heavy atom. The van der Waals surface area contributed by atoms with Gasteiger partial charge in [-0.05, 0) is 55.8 Å². The second-order valence-corrected chi connectivity index (χ2v) is 5.79. The first kappa shape index (κ1) is 15.1. The summed E-state index contributed by atoms with van der Waals surface area (Å²) in [5, 5.41) is 3.00. The van der Waals surface area contributed by atoms with Crippen LogP contribution in [0.1, 0.15) is 28.3 Å². The van der Waals surface area contributed by atoms with Gasteiger partial charge in [-0.15, -0.1) is 0 Å². The van der Waals surface area contributed by atoms with E-state index in [1.54, 1.807) is 14.0 Å². The highest BCUT2D eigenvalue weighted by atomic mass is 79.9. The van der Waals surface area contributed by atoms with Crippen molar-refractivity contribution in [2.24, 2.45) is 0 Å². The molecule has 0 bridgehead atoms. The zero-order valence-corrected chi connectivity index (χ0v) is 13.2. The van der Waals surface area contributed by atoms with Crippen LogP contribution >= 0.6 is 15.9 Å². The third-order valence-electron chi connectivity index (χ3n) is 3.29. The summed E-state index contributed by atoms with van der Waals surface area (Å²) in [5.74, 6) is -1.04. The first-order chi connectivity index (χ1) is 9.43. The summed E-state index contributed by atoms with van der Waals surface area (Å²) >= 11 is 3.42. The summed E-state index contributed by atoms with van der Waals surface area (Å²) in [6, 6.07) is 7.99. The van der Waals surface area contributed by atoms with Gasteiger partial charge in [-0.2, -0.15) is 0 Å². The molecule has 2 rings (SSSR count). The molecule has 0 radical (unpaired) electrons. The maximum Gasteiger partial charge on any atom is 0.134 e. The molecular formula is C16H16BrF2N. The highest BCUT2D eigenvalue weighted by Gasteiger charge is 2.22. The van der Waals surface area contributed by atoms with E-state index in [1.807, 2.05) is 25.1 Å². The van der Waals surface area contributed by atoms with Crippen molar-refractivity contribution < 1.29 is 8.78 Å². The minimum Gasteiger partial charge on any atom is -0.309 e. The smallest absolute Gasteiger partial charge is 0.134 e. The molecule has 0 spiro atoms. The van der Waals surface area contributed by atoms with Crippen LogP contribution in [0, 0.1) is 25.5 Å². The number of benzene rings is 2. The highest BCUT2D eigenvalue weighted by Crippen LogP contribution is 2.30. The molecule has 0 aliphatic rings. The van der Waals surface area contributed by atoms with Gasteiger partial charge in [-0.3, -0.25) is 0 Å². The Kier molecular flexibility index (Phi) is 4.55. The van der Waals surface area contributed by atoms with E-state index in [-0.39, 0.29) is 5.56 Å². The van der Waals surface area contributed by atoms with Crippen LogP contribution in [-0.4, -0.2) is 7.05 Å². The van der Waals surface area contributed by atoms with E-state index in [2.05, 4.69) is 21.2 Å². The predicted octanol–water partition coefficient (Wildman–Crippen LogP) is 4.65. The summed E-state index contributed by atoms with van der Waals surface area (Å²) in [7, 11) is 1.70. The lowest BCUT2D eigenvalue weighted by Crippen LogP contribution is -2.21. The number of halogens is 3. The first-order valence-corrected chi connectivity index (χ1v) is 7.12. The average molecular weight is 340 g/mol. The molecule has 0 aromatic heterocycles. The van der Waals surface area contributed by atoms with Gasteiger partial charge in [-0.1, -0.05) is 28.1 Å². The third kappa shape index (κ3) is 2.91. The highest BCUT2D eigenvalue weighted by molar-refractivity contribution is 9.10. The Morgan fingerprint density at radius 1 is 1.10 bits per heavy atom. The van der Waals surface area contributed by atoms with E-state index in [4.69, 9.17) is 0 Å². The van der Waals surface area contributed by atoms with Crippen molar-refractivity contribution >= 4 is 15.9 Å². The van der Waals surface area contributed by atoms with Gasteiger partial charge in [0.1, 0.15) is 11.6 Å². The van der Waals surface area contributed by atoms with Crippen LogP contribution < -0.4 is 5.32 Å². The van der Waals surface area contributed by atoms with Gasteiger partial charge in [-0.25, -0.2) is 8.78 Å². The van der Waals surface area contributed by atoms with Gasteiger partial charge in [0.05, 0.1) is 6.04 Å². The van der Waals surface area contributed by atoms with E-state index in [0.29, 0.717) is 5.56 Å². The molecule has 0 fully saturated rings. The quantitative estimate of drug-likeness (QED) is 0.857. The van der Waals surface area contributed by atoms with Crippen LogP contribution in [0.15, 0.2) is 34.8 Å². The number of rotatable bonds is 3. The normalized spacial score (nSPS) is 12.5. The van der Waals surface area contributed by atoms with Gasteiger partial charge in [0.15, 0.2) is 0 Å². The average Bonchev–Trinajstić information content (AvgIpc) is 2.38. The molecule has 1 atom stereocenters. The second kappa shape index (κ2) is 6.02. The third-order valence-corrected chi connectivity index (χ3v) is 3.75. The van der Waals surface area contributed by atoms with Crippen molar-refractivity contribution in [1.82, 2.24) is 5.32 Å². The maximum atomic E-state index is 14.3. The van der Waals surface area contributed by atoms with E-state index < -0.39 is 17.7 Å². The zero-order chi connectivity index (χ0) is 14.9. The van der Waals surface area contributed by atoms with Gasteiger partial charge in [0, 0.05) is 10.0 Å². The van der Waals surface area contributed by atoms with Crippen LogP contribution in [0.4, 0.5) is 8.78 Å². The standard InChI is InChI=1S/C16H16BrF2N/c1-9-6-11(8-12(17)7-9)16(20-3)14-13(18)5-4-10(2)15(14)19/h4-8,16,20H,1-3H3. The van der Waals surface area contributed by atoms with E-state index in [9.17, 15) is 8.78 Å². The van der Waals surface area contributed by atoms with Crippen LogP contribution in [0.5, 0.6) is 0 Å².